The highest BCUT2D eigenvalue weighted by Crippen LogP contribution is 2.30. The second-order valence-corrected chi connectivity index (χ2v) is 3.80. The highest BCUT2D eigenvalue weighted by atomic mass is 19.4. The number of hydrogen-bond donors (Lipinski definition) is 1. The van der Waals surface area contributed by atoms with Crippen molar-refractivity contribution in [2.75, 3.05) is 0 Å². The van der Waals surface area contributed by atoms with Gasteiger partial charge >= 0.3 is 6.18 Å². The molecule has 6 heteroatoms. The predicted molar refractivity (Wildman–Crippen MR) is 62.2 cm³/mol. The number of alkyl halides is 3. The summed E-state index contributed by atoms with van der Waals surface area (Å²) in [7, 11) is 0. The molecule has 1 aromatic heterocycles. The standard InChI is InChI=1S/C13H7F3N2O/c14-13(15,16)10-4-1-8(2-5-10)11-6-3-9(7-17)12(19)18-11/h1-6H,(H,18,19). The molecule has 0 aliphatic carbocycles. The van der Waals surface area contributed by atoms with E-state index in [1.54, 1.807) is 6.07 Å². The number of nitrogens with zero attached hydrogens (tertiary/aromatic N) is 1. The molecule has 0 atom stereocenters. The van der Waals surface area contributed by atoms with E-state index in [4.69, 9.17) is 5.26 Å². The fraction of sp³-hybridized carbons (Fsp3) is 0.0769. The molecular weight excluding hydrogens is 257 g/mol. The van der Waals surface area contributed by atoms with E-state index in [0.717, 1.165) is 12.1 Å². The van der Waals surface area contributed by atoms with Crippen LogP contribution in [-0.2, 0) is 6.18 Å². The minimum Gasteiger partial charge on any atom is -0.321 e. The van der Waals surface area contributed by atoms with Gasteiger partial charge in [0.05, 0.1) is 5.56 Å². The van der Waals surface area contributed by atoms with Crippen LogP contribution in [0.3, 0.4) is 0 Å². The van der Waals surface area contributed by atoms with Crippen molar-refractivity contribution in [1.82, 2.24) is 4.98 Å². The maximum absolute atomic E-state index is 12.4. The van der Waals surface area contributed by atoms with Crippen LogP contribution in [0, 0.1) is 11.3 Å². The van der Waals surface area contributed by atoms with Gasteiger partial charge in [-0.3, -0.25) is 4.79 Å². The van der Waals surface area contributed by atoms with Gasteiger partial charge < -0.3 is 4.98 Å². The van der Waals surface area contributed by atoms with Crippen molar-refractivity contribution in [1.29, 1.82) is 5.26 Å². The number of pyridine rings is 1. The fourth-order valence-electron chi connectivity index (χ4n) is 1.57. The number of aromatic amines is 1. The Morgan fingerprint density at radius 1 is 1.05 bits per heavy atom. The van der Waals surface area contributed by atoms with E-state index in [1.807, 2.05) is 0 Å². The van der Waals surface area contributed by atoms with Gasteiger partial charge in [0.2, 0.25) is 0 Å². The summed E-state index contributed by atoms with van der Waals surface area (Å²) in [6, 6.07) is 8.91. The quantitative estimate of drug-likeness (QED) is 0.860. The summed E-state index contributed by atoms with van der Waals surface area (Å²) in [5, 5.41) is 8.61. The number of rotatable bonds is 1. The van der Waals surface area contributed by atoms with Gasteiger partial charge in [0.1, 0.15) is 11.6 Å². The van der Waals surface area contributed by atoms with Crippen LogP contribution in [0.4, 0.5) is 13.2 Å². The van der Waals surface area contributed by atoms with Gasteiger partial charge in [0, 0.05) is 5.69 Å². The molecule has 0 aliphatic heterocycles. The Labute approximate surface area is 105 Å². The van der Waals surface area contributed by atoms with Crippen molar-refractivity contribution in [2.24, 2.45) is 0 Å². The molecule has 1 N–H and O–H groups in total. The van der Waals surface area contributed by atoms with E-state index in [0.29, 0.717) is 11.3 Å². The molecule has 3 nitrogen and oxygen atoms in total. The number of benzene rings is 1. The zero-order valence-corrected chi connectivity index (χ0v) is 9.45. The molecule has 2 rings (SSSR count). The normalized spacial score (nSPS) is 11.1. The lowest BCUT2D eigenvalue weighted by molar-refractivity contribution is -0.137. The molecule has 0 spiro atoms. The van der Waals surface area contributed by atoms with E-state index in [-0.39, 0.29) is 5.56 Å². The molecule has 0 fully saturated rings. The average molecular weight is 264 g/mol. The first-order chi connectivity index (χ1) is 8.91. The summed E-state index contributed by atoms with van der Waals surface area (Å²) in [6.07, 6.45) is -4.39. The summed E-state index contributed by atoms with van der Waals surface area (Å²) < 4.78 is 37.2. The number of halogens is 3. The van der Waals surface area contributed by atoms with Crippen LogP contribution in [0.2, 0.25) is 0 Å². The van der Waals surface area contributed by atoms with Gasteiger partial charge in [0.25, 0.3) is 5.56 Å². The molecule has 0 aliphatic rings. The zero-order chi connectivity index (χ0) is 14.0. The Kier molecular flexibility index (Phi) is 3.13. The molecule has 0 radical (unpaired) electrons. The number of nitriles is 1. The second-order valence-electron chi connectivity index (χ2n) is 3.80. The number of aromatic nitrogens is 1. The lowest BCUT2D eigenvalue weighted by Gasteiger charge is -2.07. The van der Waals surface area contributed by atoms with Crippen molar-refractivity contribution in [3.8, 4) is 17.3 Å². The lowest BCUT2D eigenvalue weighted by Crippen LogP contribution is -2.10. The summed E-state index contributed by atoms with van der Waals surface area (Å²) in [5.74, 6) is 0. The van der Waals surface area contributed by atoms with Crippen molar-refractivity contribution in [2.45, 2.75) is 6.18 Å². The van der Waals surface area contributed by atoms with Crippen LogP contribution < -0.4 is 5.56 Å². The van der Waals surface area contributed by atoms with Crippen LogP contribution in [0.5, 0.6) is 0 Å². The van der Waals surface area contributed by atoms with Gasteiger partial charge in [-0.1, -0.05) is 12.1 Å². The van der Waals surface area contributed by atoms with Crippen molar-refractivity contribution in [3.63, 3.8) is 0 Å². The van der Waals surface area contributed by atoms with Crippen LogP contribution in [0.25, 0.3) is 11.3 Å². The molecule has 0 bridgehead atoms. The maximum atomic E-state index is 12.4. The molecular formula is C13H7F3N2O. The average Bonchev–Trinajstić information content (AvgIpc) is 2.38. The number of hydrogen-bond acceptors (Lipinski definition) is 2. The number of H-pyrrole nitrogens is 1. The van der Waals surface area contributed by atoms with Crippen LogP contribution in [0.1, 0.15) is 11.1 Å². The summed E-state index contributed by atoms with van der Waals surface area (Å²) >= 11 is 0. The maximum Gasteiger partial charge on any atom is 0.416 e. The first kappa shape index (κ1) is 12.9. The van der Waals surface area contributed by atoms with E-state index >= 15 is 0 Å². The van der Waals surface area contributed by atoms with Crippen molar-refractivity contribution in [3.05, 3.63) is 57.9 Å². The molecule has 0 saturated carbocycles. The Bertz CT molecular complexity index is 694. The first-order valence-electron chi connectivity index (χ1n) is 5.23. The molecule has 1 aromatic carbocycles. The number of nitrogens with one attached hydrogen (secondary N) is 1. The zero-order valence-electron chi connectivity index (χ0n) is 9.45. The van der Waals surface area contributed by atoms with E-state index < -0.39 is 17.3 Å². The van der Waals surface area contributed by atoms with Crippen LogP contribution in [-0.4, -0.2) is 4.98 Å². The minimum atomic E-state index is -4.39. The van der Waals surface area contributed by atoms with Gasteiger partial charge in [-0.15, -0.1) is 0 Å². The molecule has 0 saturated heterocycles. The highest BCUT2D eigenvalue weighted by molar-refractivity contribution is 5.60. The van der Waals surface area contributed by atoms with Crippen molar-refractivity contribution >= 4 is 0 Å². The SMILES string of the molecule is N#Cc1ccc(-c2ccc(C(F)(F)F)cc2)[nH]c1=O. The minimum absolute atomic E-state index is 0.0457. The topological polar surface area (TPSA) is 56.6 Å². The monoisotopic (exact) mass is 264 g/mol. The second kappa shape index (κ2) is 4.61. The van der Waals surface area contributed by atoms with Gasteiger partial charge in [-0.25, -0.2) is 0 Å². The third-order valence-corrected chi connectivity index (χ3v) is 2.55. The summed E-state index contributed by atoms with van der Waals surface area (Å²) in [6.45, 7) is 0. The Balaban J connectivity index is 2.41. The first-order valence-corrected chi connectivity index (χ1v) is 5.23. The van der Waals surface area contributed by atoms with E-state index in [1.165, 1.54) is 24.3 Å². The summed E-state index contributed by atoms with van der Waals surface area (Å²) in [4.78, 5) is 13.9. The Hall–Kier alpha value is -2.55. The van der Waals surface area contributed by atoms with Crippen LogP contribution >= 0.6 is 0 Å². The largest absolute Gasteiger partial charge is 0.416 e. The third-order valence-electron chi connectivity index (χ3n) is 2.55. The molecule has 0 unspecified atom stereocenters. The highest BCUT2D eigenvalue weighted by Gasteiger charge is 2.29. The molecule has 19 heavy (non-hydrogen) atoms. The summed E-state index contributed by atoms with van der Waals surface area (Å²) in [5.41, 5.74) is -0.574. The van der Waals surface area contributed by atoms with E-state index in [9.17, 15) is 18.0 Å². The fourth-order valence-corrected chi connectivity index (χ4v) is 1.57. The molecule has 96 valence electrons. The third kappa shape index (κ3) is 2.65. The van der Waals surface area contributed by atoms with Crippen LogP contribution in [0.15, 0.2) is 41.2 Å². The Morgan fingerprint density at radius 3 is 2.16 bits per heavy atom. The van der Waals surface area contributed by atoms with Gasteiger partial charge in [-0.2, -0.15) is 18.4 Å². The van der Waals surface area contributed by atoms with Crippen molar-refractivity contribution < 1.29 is 13.2 Å². The Morgan fingerprint density at radius 2 is 1.68 bits per heavy atom. The lowest BCUT2D eigenvalue weighted by atomic mass is 10.1. The molecule has 1 heterocycles. The molecule has 0 amide bonds. The smallest absolute Gasteiger partial charge is 0.321 e. The van der Waals surface area contributed by atoms with E-state index in [2.05, 4.69) is 4.98 Å². The molecule has 2 aromatic rings. The van der Waals surface area contributed by atoms with Gasteiger partial charge in [-0.05, 0) is 29.8 Å². The van der Waals surface area contributed by atoms with Gasteiger partial charge in [0.15, 0.2) is 0 Å². The predicted octanol–water partition coefficient (Wildman–Crippen LogP) is 2.93.